The summed E-state index contributed by atoms with van der Waals surface area (Å²) in [6.07, 6.45) is 8.54. The molecule has 0 bridgehead atoms. The molecule has 2 fully saturated rings. The van der Waals surface area contributed by atoms with Gasteiger partial charge >= 0.3 is 0 Å². The van der Waals surface area contributed by atoms with E-state index in [1.165, 1.54) is 0 Å². The van der Waals surface area contributed by atoms with Crippen molar-refractivity contribution in [2.24, 2.45) is 5.41 Å². The Bertz CT molecular complexity index is 645. The number of nitrogens with one attached hydrogen (secondary N) is 1. The number of amides is 2. The van der Waals surface area contributed by atoms with Crippen LogP contribution in [0, 0.1) is 5.41 Å². The van der Waals surface area contributed by atoms with E-state index in [4.69, 9.17) is 0 Å². The van der Waals surface area contributed by atoms with E-state index in [0.717, 1.165) is 45.1 Å². The fourth-order valence-corrected chi connectivity index (χ4v) is 3.46. The third kappa shape index (κ3) is 5.29. The molecule has 2 amide bonds. The highest BCUT2D eigenvalue weighted by molar-refractivity contribution is 5.92. The molecule has 2 heterocycles. The second-order valence-electron chi connectivity index (χ2n) is 8.88. The molecule has 1 N–H and O–H groups in total. The Balaban J connectivity index is 1.54. The first-order valence-corrected chi connectivity index (χ1v) is 9.82. The number of carbonyl (C=O) groups excluding carboxylic acids is 2. The summed E-state index contributed by atoms with van der Waals surface area (Å²) in [5, 5.41) is 11.0. The van der Waals surface area contributed by atoms with Crippen LogP contribution in [0.1, 0.15) is 76.2 Å². The van der Waals surface area contributed by atoms with E-state index >= 15 is 0 Å². The van der Waals surface area contributed by atoms with Gasteiger partial charge in [0.1, 0.15) is 0 Å². The number of aryl methyl sites for hydroxylation is 1. The predicted molar refractivity (Wildman–Crippen MR) is 98.6 cm³/mol. The molecule has 144 valence electrons. The molecule has 26 heavy (non-hydrogen) atoms. The van der Waals surface area contributed by atoms with Crippen LogP contribution in [0.15, 0.2) is 6.20 Å². The van der Waals surface area contributed by atoms with Crippen molar-refractivity contribution in [1.82, 2.24) is 25.2 Å². The number of aromatic nitrogens is 3. The number of likely N-dealkylation sites (tertiary alicyclic amines) is 1. The minimum Gasteiger partial charge on any atom is -0.348 e. The molecule has 0 spiro atoms. The maximum absolute atomic E-state index is 12.7. The standard InChI is InChI=1S/C19H31N5O2/c1-19(2,3)12-17(25)24-10-5-4-6-15(24)9-11-23-13-16(21-22-23)18(26)20-14-7-8-14/h13-15H,4-12H2,1-3H3,(H,20,26)/t15-/m1/s1. The molecular formula is C19H31N5O2. The first-order chi connectivity index (χ1) is 12.3. The Morgan fingerprint density at radius 1 is 1.23 bits per heavy atom. The topological polar surface area (TPSA) is 80.1 Å². The summed E-state index contributed by atoms with van der Waals surface area (Å²) in [5.74, 6) is 0.115. The number of carbonyl (C=O) groups is 2. The van der Waals surface area contributed by atoms with Gasteiger partial charge in [-0.3, -0.25) is 14.3 Å². The fourth-order valence-electron chi connectivity index (χ4n) is 3.46. The number of hydrogen-bond acceptors (Lipinski definition) is 4. The SMILES string of the molecule is CC(C)(C)CC(=O)N1CCCC[C@@H]1CCn1cc(C(=O)NC2CC2)nn1. The van der Waals surface area contributed by atoms with Gasteiger partial charge in [0.15, 0.2) is 5.69 Å². The normalized spacial score (nSPS) is 20.9. The lowest BCUT2D eigenvalue weighted by molar-refractivity contribution is -0.137. The smallest absolute Gasteiger partial charge is 0.273 e. The summed E-state index contributed by atoms with van der Waals surface area (Å²) in [5.41, 5.74) is 0.385. The van der Waals surface area contributed by atoms with Gasteiger partial charge in [0.25, 0.3) is 5.91 Å². The molecule has 2 aliphatic rings. The van der Waals surface area contributed by atoms with Crippen molar-refractivity contribution in [3.63, 3.8) is 0 Å². The maximum Gasteiger partial charge on any atom is 0.273 e. The van der Waals surface area contributed by atoms with Crippen molar-refractivity contribution in [2.45, 2.75) is 84.3 Å². The van der Waals surface area contributed by atoms with E-state index in [1.807, 2.05) is 0 Å². The zero-order chi connectivity index (χ0) is 18.7. The van der Waals surface area contributed by atoms with Gasteiger partial charge in [-0.15, -0.1) is 5.10 Å². The monoisotopic (exact) mass is 361 g/mol. The summed E-state index contributed by atoms with van der Waals surface area (Å²) in [6.45, 7) is 7.84. The molecule has 0 aromatic carbocycles. The quantitative estimate of drug-likeness (QED) is 0.843. The van der Waals surface area contributed by atoms with E-state index in [-0.39, 0.29) is 23.3 Å². The van der Waals surface area contributed by atoms with Crippen LogP contribution >= 0.6 is 0 Å². The molecule has 1 atom stereocenters. The van der Waals surface area contributed by atoms with Crippen molar-refractivity contribution >= 4 is 11.8 Å². The molecule has 1 saturated heterocycles. The maximum atomic E-state index is 12.7. The van der Waals surface area contributed by atoms with Crippen LogP contribution < -0.4 is 5.32 Å². The summed E-state index contributed by atoms with van der Waals surface area (Å²) in [6, 6.07) is 0.573. The van der Waals surface area contributed by atoms with E-state index in [1.54, 1.807) is 10.9 Å². The second kappa shape index (κ2) is 7.76. The van der Waals surface area contributed by atoms with Gasteiger partial charge in [0.05, 0.1) is 6.20 Å². The predicted octanol–water partition coefficient (Wildman–Crippen LogP) is 2.38. The lowest BCUT2D eigenvalue weighted by atomic mass is 9.90. The van der Waals surface area contributed by atoms with Crippen LogP contribution in [0.4, 0.5) is 0 Å². The molecule has 3 rings (SSSR count). The van der Waals surface area contributed by atoms with Gasteiger partial charge in [0, 0.05) is 31.6 Å². The third-order valence-electron chi connectivity index (χ3n) is 5.00. The minimum absolute atomic E-state index is 0.00873. The minimum atomic E-state index is -0.140. The molecule has 1 aliphatic carbocycles. The van der Waals surface area contributed by atoms with Gasteiger partial charge in [-0.2, -0.15) is 0 Å². The highest BCUT2D eigenvalue weighted by Gasteiger charge is 2.29. The van der Waals surface area contributed by atoms with Crippen LogP contribution in [0.3, 0.4) is 0 Å². The third-order valence-corrected chi connectivity index (χ3v) is 5.00. The summed E-state index contributed by atoms with van der Waals surface area (Å²) in [4.78, 5) is 26.7. The Labute approximate surface area is 155 Å². The second-order valence-corrected chi connectivity index (χ2v) is 8.88. The molecule has 0 radical (unpaired) electrons. The largest absolute Gasteiger partial charge is 0.348 e. The highest BCUT2D eigenvalue weighted by Crippen LogP contribution is 2.26. The zero-order valence-corrected chi connectivity index (χ0v) is 16.2. The van der Waals surface area contributed by atoms with E-state index in [0.29, 0.717) is 24.7 Å². The van der Waals surface area contributed by atoms with Crippen LogP contribution in [-0.4, -0.2) is 50.3 Å². The Morgan fingerprint density at radius 3 is 2.69 bits per heavy atom. The van der Waals surface area contributed by atoms with E-state index in [2.05, 4.69) is 41.3 Å². The summed E-state index contributed by atoms with van der Waals surface area (Å²) < 4.78 is 1.73. The van der Waals surface area contributed by atoms with Crippen LogP contribution in [0.25, 0.3) is 0 Å². The van der Waals surface area contributed by atoms with Crippen LogP contribution in [0.5, 0.6) is 0 Å². The van der Waals surface area contributed by atoms with Crippen molar-refractivity contribution in [3.05, 3.63) is 11.9 Å². The average molecular weight is 361 g/mol. The average Bonchev–Trinajstić information content (AvgIpc) is 3.25. The molecule has 1 aliphatic heterocycles. The van der Waals surface area contributed by atoms with Crippen LogP contribution in [0.2, 0.25) is 0 Å². The number of piperidine rings is 1. The molecule has 1 aromatic rings. The number of rotatable bonds is 6. The highest BCUT2D eigenvalue weighted by atomic mass is 16.2. The van der Waals surface area contributed by atoms with Crippen molar-refractivity contribution in [2.75, 3.05) is 6.54 Å². The molecule has 1 saturated carbocycles. The zero-order valence-electron chi connectivity index (χ0n) is 16.2. The van der Waals surface area contributed by atoms with Crippen LogP contribution in [-0.2, 0) is 11.3 Å². The Morgan fingerprint density at radius 2 is 2.00 bits per heavy atom. The van der Waals surface area contributed by atoms with Crippen molar-refractivity contribution in [3.8, 4) is 0 Å². The van der Waals surface area contributed by atoms with Gasteiger partial charge in [-0.1, -0.05) is 26.0 Å². The van der Waals surface area contributed by atoms with Gasteiger partial charge in [0.2, 0.25) is 5.91 Å². The summed E-state index contributed by atoms with van der Waals surface area (Å²) >= 11 is 0. The Hall–Kier alpha value is -1.92. The molecule has 1 aromatic heterocycles. The van der Waals surface area contributed by atoms with E-state index < -0.39 is 0 Å². The fraction of sp³-hybridized carbons (Fsp3) is 0.789. The first kappa shape index (κ1) is 18.9. The van der Waals surface area contributed by atoms with Gasteiger partial charge < -0.3 is 10.2 Å². The molecule has 7 nitrogen and oxygen atoms in total. The van der Waals surface area contributed by atoms with E-state index in [9.17, 15) is 9.59 Å². The first-order valence-electron chi connectivity index (χ1n) is 9.82. The Kier molecular flexibility index (Phi) is 5.63. The molecule has 7 heteroatoms. The number of nitrogens with zero attached hydrogens (tertiary/aromatic N) is 4. The van der Waals surface area contributed by atoms with Gasteiger partial charge in [-0.25, -0.2) is 0 Å². The van der Waals surface area contributed by atoms with Crippen molar-refractivity contribution in [1.29, 1.82) is 0 Å². The molecular weight excluding hydrogens is 330 g/mol. The number of hydrogen-bond donors (Lipinski definition) is 1. The lowest BCUT2D eigenvalue weighted by Gasteiger charge is -2.37. The van der Waals surface area contributed by atoms with Gasteiger partial charge in [-0.05, 0) is 43.9 Å². The summed E-state index contributed by atoms with van der Waals surface area (Å²) in [7, 11) is 0. The van der Waals surface area contributed by atoms with Crippen molar-refractivity contribution < 1.29 is 9.59 Å². The lowest BCUT2D eigenvalue weighted by Crippen LogP contribution is -2.45. The molecule has 0 unspecified atom stereocenters.